The molecule has 1 atom stereocenters. The molecule has 0 spiro atoms. The highest BCUT2D eigenvalue weighted by molar-refractivity contribution is 5.71. The molecular formula is C60H114O6. The summed E-state index contributed by atoms with van der Waals surface area (Å²) in [6.45, 7) is 6.62. The maximum atomic E-state index is 12.8. The van der Waals surface area contributed by atoms with Gasteiger partial charge in [0.1, 0.15) is 13.2 Å². The molecule has 0 fully saturated rings. The van der Waals surface area contributed by atoms with Crippen LogP contribution in [0.4, 0.5) is 0 Å². The van der Waals surface area contributed by atoms with Crippen molar-refractivity contribution in [1.29, 1.82) is 0 Å². The van der Waals surface area contributed by atoms with Gasteiger partial charge < -0.3 is 14.2 Å². The van der Waals surface area contributed by atoms with Crippen LogP contribution in [0.2, 0.25) is 0 Å². The van der Waals surface area contributed by atoms with Crippen molar-refractivity contribution in [2.24, 2.45) is 0 Å². The predicted octanol–water partition coefficient (Wildman–Crippen LogP) is 19.7. The molecule has 0 rings (SSSR count). The summed E-state index contributed by atoms with van der Waals surface area (Å²) < 4.78 is 16.8. The monoisotopic (exact) mass is 931 g/mol. The SMILES string of the molecule is CCCCCC/C=C\CCCCCCCC(=O)OC(COC(=O)CCCCCCCCC)COC(=O)CCCCCCCCCCCCCCCCCCCCCCCCCCCCCC. The Bertz CT molecular complexity index is 1020. The first kappa shape index (κ1) is 64.2. The molecule has 0 N–H and O–H groups in total. The van der Waals surface area contributed by atoms with Crippen LogP contribution in [0.1, 0.15) is 335 Å². The van der Waals surface area contributed by atoms with Gasteiger partial charge in [-0.2, -0.15) is 0 Å². The van der Waals surface area contributed by atoms with Gasteiger partial charge in [0.05, 0.1) is 0 Å². The van der Waals surface area contributed by atoms with Crippen molar-refractivity contribution in [3.8, 4) is 0 Å². The molecule has 0 aromatic heterocycles. The molecule has 6 nitrogen and oxygen atoms in total. The second-order valence-electron chi connectivity index (χ2n) is 20.3. The number of carbonyl (C=O) groups excluding carboxylic acids is 3. The first-order valence-corrected chi connectivity index (χ1v) is 29.7. The van der Waals surface area contributed by atoms with E-state index in [0.29, 0.717) is 19.3 Å². The topological polar surface area (TPSA) is 78.9 Å². The van der Waals surface area contributed by atoms with E-state index >= 15 is 0 Å². The molecule has 0 amide bonds. The van der Waals surface area contributed by atoms with Crippen molar-refractivity contribution in [1.82, 2.24) is 0 Å². The Morgan fingerprint density at radius 1 is 0.288 bits per heavy atom. The quantitative estimate of drug-likeness (QED) is 0.0262. The van der Waals surface area contributed by atoms with Crippen molar-refractivity contribution < 1.29 is 28.6 Å². The first-order valence-electron chi connectivity index (χ1n) is 29.7. The Labute approximate surface area is 411 Å². The van der Waals surface area contributed by atoms with E-state index in [-0.39, 0.29) is 31.1 Å². The fourth-order valence-corrected chi connectivity index (χ4v) is 9.03. The number of carbonyl (C=O) groups is 3. The zero-order valence-electron chi connectivity index (χ0n) is 44.7. The maximum Gasteiger partial charge on any atom is 0.306 e. The second-order valence-corrected chi connectivity index (χ2v) is 20.3. The van der Waals surface area contributed by atoms with Gasteiger partial charge in [0.15, 0.2) is 6.10 Å². The van der Waals surface area contributed by atoms with Gasteiger partial charge in [0, 0.05) is 19.3 Å². The van der Waals surface area contributed by atoms with Gasteiger partial charge in [-0.05, 0) is 44.9 Å². The summed E-state index contributed by atoms with van der Waals surface area (Å²) in [5.74, 6) is -0.865. The molecular weight excluding hydrogens is 817 g/mol. The number of rotatable bonds is 55. The van der Waals surface area contributed by atoms with Crippen LogP contribution in [-0.2, 0) is 28.6 Å². The van der Waals surface area contributed by atoms with Gasteiger partial charge in [-0.1, -0.05) is 283 Å². The van der Waals surface area contributed by atoms with Gasteiger partial charge in [-0.15, -0.1) is 0 Å². The summed E-state index contributed by atoms with van der Waals surface area (Å²) in [7, 11) is 0. The zero-order chi connectivity index (χ0) is 47.9. The molecule has 0 saturated heterocycles. The molecule has 0 heterocycles. The number of allylic oxidation sites excluding steroid dienone is 2. The van der Waals surface area contributed by atoms with Gasteiger partial charge in [-0.3, -0.25) is 14.4 Å². The van der Waals surface area contributed by atoms with Gasteiger partial charge in [0.25, 0.3) is 0 Å². The lowest BCUT2D eigenvalue weighted by Crippen LogP contribution is -2.30. The lowest BCUT2D eigenvalue weighted by molar-refractivity contribution is -0.167. The van der Waals surface area contributed by atoms with Crippen LogP contribution < -0.4 is 0 Å². The van der Waals surface area contributed by atoms with Crippen LogP contribution in [-0.4, -0.2) is 37.2 Å². The molecule has 0 aliphatic carbocycles. The Balaban J connectivity index is 3.99. The van der Waals surface area contributed by atoms with Crippen LogP contribution in [0.25, 0.3) is 0 Å². The van der Waals surface area contributed by atoms with E-state index in [4.69, 9.17) is 14.2 Å². The van der Waals surface area contributed by atoms with Crippen molar-refractivity contribution in [2.45, 2.75) is 341 Å². The van der Waals surface area contributed by atoms with E-state index in [9.17, 15) is 14.4 Å². The number of hydrogen-bond acceptors (Lipinski definition) is 6. The average Bonchev–Trinajstić information content (AvgIpc) is 3.31. The molecule has 0 aromatic rings. The molecule has 390 valence electrons. The minimum atomic E-state index is -0.767. The summed E-state index contributed by atoms with van der Waals surface area (Å²) in [5, 5.41) is 0. The molecule has 0 aromatic carbocycles. The Morgan fingerprint density at radius 2 is 0.500 bits per heavy atom. The van der Waals surface area contributed by atoms with E-state index in [1.165, 1.54) is 231 Å². The third-order valence-corrected chi connectivity index (χ3v) is 13.5. The first-order chi connectivity index (χ1) is 32.5. The Morgan fingerprint density at radius 3 is 0.773 bits per heavy atom. The number of hydrogen-bond donors (Lipinski definition) is 0. The van der Waals surface area contributed by atoms with Gasteiger partial charge in [0.2, 0.25) is 0 Å². The zero-order valence-corrected chi connectivity index (χ0v) is 44.7. The number of unbranched alkanes of at least 4 members (excludes halogenated alkanes) is 42. The Kier molecular flexibility index (Phi) is 54.2. The third-order valence-electron chi connectivity index (χ3n) is 13.5. The maximum absolute atomic E-state index is 12.8. The molecule has 1 unspecified atom stereocenters. The molecule has 0 saturated carbocycles. The molecule has 0 radical (unpaired) electrons. The van der Waals surface area contributed by atoms with E-state index in [1.54, 1.807) is 0 Å². The molecule has 0 aliphatic heterocycles. The van der Waals surface area contributed by atoms with Gasteiger partial charge in [-0.25, -0.2) is 0 Å². The fourth-order valence-electron chi connectivity index (χ4n) is 9.03. The standard InChI is InChI=1S/C60H114O6/c1-4-7-10-13-16-18-20-22-23-24-25-26-27-28-29-30-31-32-33-34-35-36-38-39-41-44-47-50-53-59(62)65-56-57(55-64-58(61)52-49-46-43-15-12-9-6-3)66-60(63)54-51-48-45-42-40-37-21-19-17-14-11-8-5-2/h19,21,57H,4-18,20,22-56H2,1-3H3/b21-19-. The summed E-state index contributed by atoms with van der Waals surface area (Å²) in [6, 6.07) is 0. The summed E-state index contributed by atoms with van der Waals surface area (Å²) >= 11 is 0. The normalized spacial score (nSPS) is 12.0. The van der Waals surface area contributed by atoms with Crippen LogP contribution >= 0.6 is 0 Å². The largest absolute Gasteiger partial charge is 0.462 e. The van der Waals surface area contributed by atoms with Crippen LogP contribution in [0.15, 0.2) is 12.2 Å². The van der Waals surface area contributed by atoms with E-state index in [2.05, 4.69) is 32.9 Å². The summed E-state index contributed by atoms with van der Waals surface area (Å²) in [4.78, 5) is 37.9. The molecule has 6 heteroatoms. The van der Waals surface area contributed by atoms with Crippen LogP contribution in [0, 0.1) is 0 Å². The highest BCUT2D eigenvalue weighted by Crippen LogP contribution is 2.18. The van der Waals surface area contributed by atoms with E-state index < -0.39 is 6.10 Å². The highest BCUT2D eigenvalue weighted by Gasteiger charge is 2.19. The minimum Gasteiger partial charge on any atom is -0.462 e. The smallest absolute Gasteiger partial charge is 0.306 e. The number of esters is 3. The fraction of sp³-hybridized carbons (Fsp3) is 0.917. The van der Waals surface area contributed by atoms with Crippen LogP contribution in [0.3, 0.4) is 0 Å². The van der Waals surface area contributed by atoms with Crippen LogP contribution in [0.5, 0.6) is 0 Å². The molecule has 0 bridgehead atoms. The number of ether oxygens (including phenoxy) is 3. The average molecular weight is 932 g/mol. The minimum absolute atomic E-state index is 0.0685. The van der Waals surface area contributed by atoms with Gasteiger partial charge >= 0.3 is 17.9 Å². The highest BCUT2D eigenvalue weighted by atomic mass is 16.6. The van der Waals surface area contributed by atoms with Crippen molar-refractivity contribution in [2.75, 3.05) is 13.2 Å². The van der Waals surface area contributed by atoms with Crippen molar-refractivity contribution in [3.63, 3.8) is 0 Å². The van der Waals surface area contributed by atoms with Crippen molar-refractivity contribution in [3.05, 3.63) is 12.2 Å². The third kappa shape index (κ3) is 53.1. The summed E-state index contributed by atoms with van der Waals surface area (Å²) in [6.07, 6.45) is 63.9. The predicted molar refractivity (Wildman–Crippen MR) is 284 cm³/mol. The van der Waals surface area contributed by atoms with E-state index in [0.717, 1.165) is 64.2 Å². The van der Waals surface area contributed by atoms with Crippen molar-refractivity contribution >= 4 is 17.9 Å². The molecule has 0 aliphatic rings. The van der Waals surface area contributed by atoms with E-state index in [1.807, 2.05) is 0 Å². The molecule has 66 heavy (non-hydrogen) atoms. The second kappa shape index (κ2) is 55.7. The Hall–Kier alpha value is -1.85. The lowest BCUT2D eigenvalue weighted by Gasteiger charge is -2.18. The summed E-state index contributed by atoms with van der Waals surface area (Å²) in [5.41, 5.74) is 0. The lowest BCUT2D eigenvalue weighted by atomic mass is 10.0.